The Balaban J connectivity index is 2.81. The molecule has 68 valence electrons. The van der Waals surface area contributed by atoms with Gasteiger partial charge in [0.1, 0.15) is 6.07 Å². The van der Waals surface area contributed by atoms with Gasteiger partial charge in [0.15, 0.2) is 0 Å². The lowest BCUT2D eigenvalue weighted by molar-refractivity contribution is 0.658. The molecule has 0 atom stereocenters. The van der Waals surface area contributed by atoms with Gasteiger partial charge >= 0.3 is 0 Å². The molecule has 0 fully saturated rings. The van der Waals surface area contributed by atoms with E-state index in [1.807, 2.05) is 6.92 Å². The lowest BCUT2D eigenvalue weighted by atomic mass is 10.2. The first-order chi connectivity index (χ1) is 6.17. The van der Waals surface area contributed by atoms with E-state index in [-0.39, 0.29) is 0 Å². The quantitative estimate of drug-likeness (QED) is 0.659. The highest BCUT2D eigenvalue weighted by Gasteiger charge is 2.03. The van der Waals surface area contributed by atoms with Crippen LogP contribution in [0.1, 0.15) is 24.6 Å². The van der Waals surface area contributed by atoms with Crippen molar-refractivity contribution in [2.24, 2.45) is 0 Å². The van der Waals surface area contributed by atoms with E-state index in [1.165, 1.54) is 0 Å². The van der Waals surface area contributed by atoms with Crippen LogP contribution >= 0.6 is 0 Å². The van der Waals surface area contributed by atoms with Crippen LogP contribution in [0.15, 0.2) is 18.3 Å². The zero-order chi connectivity index (χ0) is 9.84. The Hall–Kier alpha value is -1.56. The third-order valence-electron chi connectivity index (χ3n) is 1.95. The van der Waals surface area contributed by atoms with Gasteiger partial charge in [-0.2, -0.15) is 10.4 Å². The van der Waals surface area contributed by atoms with Gasteiger partial charge in [0.2, 0.25) is 0 Å². The van der Waals surface area contributed by atoms with Crippen molar-refractivity contribution in [3.8, 4) is 6.07 Å². The average molecular weight is 175 g/mol. The molecule has 13 heavy (non-hydrogen) atoms. The second-order valence-electron chi connectivity index (χ2n) is 3.04. The Morgan fingerprint density at radius 1 is 1.77 bits per heavy atom. The van der Waals surface area contributed by atoms with E-state index in [0.717, 1.165) is 17.7 Å². The highest BCUT2D eigenvalue weighted by atomic mass is 15.3. The van der Waals surface area contributed by atoms with Gasteiger partial charge in [-0.1, -0.05) is 19.1 Å². The summed E-state index contributed by atoms with van der Waals surface area (Å²) in [5.41, 5.74) is 2.54. The van der Waals surface area contributed by atoms with Crippen LogP contribution in [0.3, 0.4) is 0 Å². The number of allylic oxidation sites excluding steroid dienone is 1. The number of aryl methyl sites for hydroxylation is 1. The summed E-state index contributed by atoms with van der Waals surface area (Å²) in [5.74, 6) is 0. The maximum Gasteiger partial charge on any atom is 0.103 e. The van der Waals surface area contributed by atoms with Crippen LogP contribution in [0.25, 0.3) is 0 Å². The standard InChI is InChI=1S/C10H13N3/c1-4-8(2)6-13-7-10(5-11)9(3)12-13/h7H,2,4,6H2,1,3H3. The summed E-state index contributed by atoms with van der Waals surface area (Å²) in [6.45, 7) is 8.49. The zero-order valence-corrected chi connectivity index (χ0v) is 8.04. The van der Waals surface area contributed by atoms with Crippen molar-refractivity contribution in [3.05, 3.63) is 29.6 Å². The molecule has 1 rings (SSSR count). The van der Waals surface area contributed by atoms with Crippen molar-refractivity contribution in [3.63, 3.8) is 0 Å². The lowest BCUT2D eigenvalue weighted by Gasteiger charge is -2.01. The molecule has 1 aromatic rings. The molecular weight excluding hydrogens is 162 g/mol. The van der Waals surface area contributed by atoms with Crippen LogP contribution in [-0.2, 0) is 6.54 Å². The number of rotatable bonds is 3. The number of hydrogen-bond acceptors (Lipinski definition) is 2. The molecule has 0 saturated heterocycles. The molecule has 0 saturated carbocycles. The fraction of sp³-hybridized carbons (Fsp3) is 0.400. The average Bonchev–Trinajstić information content (AvgIpc) is 2.46. The highest BCUT2D eigenvalue weighted by Crippen LogP contribution is 2.06. The number of hydrogen-bond donors (Lipinski definition) is 0. The van der Waals surface area contributed by atoms with Crippen molar-refractivity contribution < 1.29 is 0 Å². The van der Waals surface area contributed by atoms with E-state index in [2.05, 4.69) is 24.7 Å². The van der Waals surface area contributed by atoms with E-state index in [1.54, 1.807) is 10.9 Å². The van der Waals surface area contributed by atoms with Crippen LogP contribution in [-0.4, -0.2) is 9.78 Å². The highest BCUT2D eigenvalue weighted by molar-refractivity contribution is 5.29. The third kappa shape index (κ3) is 2.19. The molecule has 0 radical (unpaired) electrons. The molecule has 1 heterocycles. The SMILES string of the molecule is C=C(CC)Cn1cc(C#N)c(C)n1. The fourth-order valence-corrected chi connectivity index (χ4v) is 1.05. The summed E-state index contributed by atoms with van der Waals surface area (Å²) in [6.07, 6.45) is 2.71. The van der Waals surface area contributed by atoms with E-state index in [9.17, 15) is 0 Å². The summed E-state index contributed by atoms with van der Waals surface area (Å²) in [4.78, 5) is 0. The third-order valence-corrected chi connectivity index (χ3v) is 1.95. The summed E-state index contributed by atoms with van der Waals surface area (Å²) in [6, 6.07) is 2.09. The summed E-state index contributed by atoms with van der Waals surface area (Å²) < 4.78 is 1.76. The summed E-state index contributed by atoms with van der Waals surface area (Å²) in [7, 11) is 0. The van der Waals surface area contributed by atoms with Crippen molar-refractivity contribution in [1.29, 1.82) is 5.26 Å². The van der Waals surface area contributed by atoms with Gasteiger partial charge in [-0.3, -0.25) is 4.68 Å². The largest absolute Gasteiger partial charge is 0.267 e. The minimum atomic E-state index is 0.643. The maximum absolute atomic E-state index is 8.70. The van der Waals surface area contributed by atoms with Gasteiger partial charge in [0.25, 0.3) is 0 Å². The molecule has 1 aromatic heterocycles. The zero-order valence-electron chi connectivity index (χ0n) is 8.04. The Labute approximate surface area is 78.3 Å². The summed E-state index contributed by atoms with van der Waals surface area (Å²) >= 11 is 0. The smallest absolute Gasteiger partial charge is 0.103 e. The van der Waals surface area contributed by atoms with Gasteiger partial charge in [-0.05, 0) is 13.3 Å². The van der Waals surface area contributed by atoms with E-state index >= 15 is 0 Å². The molecule has 0 aliphatic heterocycles. The van der Waals surface area contributed by atoms with Crippen molar-refractivity contribution in [2.45, 2.75) is 26.8 Å². The second kappa shape index (κ2) is 3.90. The molecule has 0 unspecified atom stereocenters. The number of aromatic nitrogens is 2. The van der Waals surface area contributed by atoms with Crippen LogP contribution in [0, 0.1) is 18.3 Å². The first kappa shape index (κ1) is 9.53. The minimum Gasteiger partial charge on any atom is -0.267 e. The topological polar surface area (TPSA) is 41.6 Å². The first-order valence-electron chi connectivity index (χ1n) is 4.28. The Kier molecular flexibility index (Phi) is 2.86. The van der Waals surface area contributed by atoms with E-state index in [0.29, 0.717) is 12.1 Å². The predicted octanol–water partition coefficient (Wildman–Crippen LogP) is 2.03. The van der Waals surface area contributed by atoms with Crippen LogP contribution in [0.4, 0.5) is 0 Å². The molecule has 3 heteroatoms. The Morgan fingerprint density at radius 3 is 2.92 bits per heavy atom. The molecule has 0 aromatic carbocycles. The van der Waals surface area contributed by atoms with Gasteiger partial charge in [-0.15, -0.1) is 0 Å². The molecule has 0 N–H and O–H groups in total. The van der Waals surface area contributed by atoms with Crippen LogP contribution < -0.4 is 0 Å². The van der Waals surface area contributed by atoms with Crippen LogP contribution in [0.2, 0.25) is 0 Å². The molecule has 0 amide bonds. The predicted molar refractivity (Wildman–Crippen MR) is 51.1 cm³/mol. The lowest BCUT2D eigenvalue weighted by Crippen LogP contribution is -2.00. The summed E-state index contributed by atoms with van der Waals surface area (Å²) in [5, 5.41) is 12.9. The fourth-order valence-electron chi connectivity index (χ4n) is 1.05. The normalized spacial score (nSPS) is 9.62. The van der Waals surface area contributed by atoms with Gasteiger partial charge < -0.3 is 0 Å². The van der Waals surface area contributed by atoms with E-state index < -0.39 is 0 Å². The van der Waals surface area contributed by atoms with Gasteiger partial charge in [0.05, 0.1) is 17.8 Å². The Morgan fingerprint density at radius 2 is 2.46 bits per heavy atom. The minimum absolute atomic E-state index is 0.643. The number of nitrogens with zero attached hydrogens (tertiary/aromatic N) is 3. The van der Waals surface area contributed by atoms with E-state index in [4.69, 9.17) is 5.26 Å². The van der Waals surface area contributed by atoms with Gasteiger partial charge in [0, 0.05) is 6.20 Å². The first-order valence-corrected chi connectivity index (χ1v) is 4.28. The molecule has 0 spiro atoms. The molecular formula is C10H13N3. The maximum atomic E-state index is 8.70. The van der Waals surface area contributed by atoms with Crippen molar-refractivity contribution in [2.75, 3.05) is 0 Å². The molecule has 0 bridgehead atoms. The monoisotopic (exact) mass is 175 g/mol. The Bertz CT molecular complexity index is 355. The second-order valence-corrected chi connectivity index (χ2v) is 3.04. The molecule has 0 aliphatic carbocycles. The molecule has 3 nitrogen and oxygen atoms in total. The molecule has 0 aliphatic rings. The van der Waals surface area contributed by atoms with Gasteiger partial charge in [-0.25, -0.2) is 0 Å². The number of nitriles is 1. The van der Waals surface area contributed by atoms with Crippen molar-refractivity contribution >= 4 is 0 Å². The van der Waals surface area contributed by atoms with Crippen molar-refractivity contribution in [1.82, 2.24) is 9.78 Å². The van der Waals surface area contributed by atoms with Crippen LogP contribution in [0.5, 0.6) is 0 Å².